The first kappa shape index (κ1) is 16.7. The fraction of sp³-hybridized carbons (Fsp3) is 0.938. The van der Waals surface area contributed by atoms with Crippen LogP contribution in [0.15, 0.2) is 0 Å². The van der Waals surface area contributed by atoms with Crippen LogP contribution >= 0.6 is 0 Å². The Morgan fingerprint density at radius 1 is 1.05 bits per heavy atom. The summed E-state index contributed by atoms with van der Waals surface area (Å²) in [7, 11) is 0. The number of carbonyl (C=O) groups excluding carboxylic acids is 1. The molecule has 2 aliphatic heterocycles. The van der Waals surface area contributed by atoms with Crippen LogP contribution in [0, 0.1) is 5.92 Å². The van der Waals surface area contributed by atoms with Gasteiger partial charge in [-0.2, -0.15) is 0 Å². The lowest BCUT2D eigenvalue weighted by atomic mass is 9.96. The molecule has 5 heteroatoms. The number of piperazine rings is 1. The molecule has 0 radical (unpaired) electrons. The standard InChI is InChI=1S/C16H31N3O2/c1-3-21-13-12-17-8-10-18(11-9-17)14-16-4-6-19(7-5-16)15(2)20/h16H,3-14H2,1-2H3. The number of piperidine rings is 1. The van der Waals surface area contributed by atoms with E-state index >= 15 is 0 Å². The highest BCUT2D eigenvalue weighted by molar-refractivity contribution is 5.73. The van der Waals surface area contributed by atoms with Gasteiger partial charge in [0.05, 0.1) is 6.61 Å². The average Bonchev–Trinajstić information content (AvgIpc) is 2.50. The number of nitrogens with zero attached hydrogens (tertiary/aromatic N) is 3. The zero-order chi connectivity index (χ0) is 15.1. The van der Waals surface area contributed by atoms with Crippen molar-refractivity contribution in [2.24, 2.45) is 5.92 Å². The number of hydrogen-bond acceptors (Lipinski definition) is 4. The van der Waals surface area contributed by atoms with E-state index in [0.717, 1.165) is 38.8 Å². The summed E-state index contributed by atoms with van der Waals surface area (Å²) in [5, 5.41) is 0. The monoisotopic (exact) mass is 297 g/mol. The van der Waals surface area contributed by atoms with Gasteiger partial charge in [0.2, 0.25) is 5.91 Å². The van der Waals surface area contributed by atoms with Gasteiger partial charge in [0, 0.05) is 65.9 Å². The molecule has 0 spiro atoms. The zero-order valence-electron chi connectivity index (χ0n) is 13.7. The summed E-state index contributed by atoms with van der Waals surface area (Å²) < 4.78 is 5.43. The Labute approximate surface area is 129 Å². The van der Waals surface area contributed by atoms with E-state index in [0.29, 0.717) is 0 Å². The Morgan fingerprint density at radius 3 is 2.24 bits per heavy atom. The molecule has 0 aromatic rings. The second-order valence-electron chi connectivity index (χ2n) is 6.29. The minimum atomic E-state index is 0.233. The summed E-state index contributed by atoms with van der Waals surface area (Å²) >= 11 is 0. The molecule has 0 bridgehead atoms. The fourth-order valence-corrected chi connectivity index (χ4v) is 3.33. The summed E-state index contributed by atoms with van der Waals surface area (Å²) in [6.07, 6.45) is 2.34. The molecule has 21 heavy (non-hydrogen) atoms. The Kier molecular flexibility index (Phi) is 6.93. The second kappa shape index (κ2) is 8.71. The van der Waals surface area contributed by atoms with E-state index in [9.17, 15) is 4.79 Å². The molecule has 2 fully saturated rings. The lowest BCUT2D eigenvalue weighted by Gasteiger charge is -2.38. The van der Waals surface area contributed by atoms with Crippen molar-refractivity contribution >= 4 is 5.91 Å². The molecule has 2 heterocycles. The van der Waals surface area contributed by atoms with Gasteiger partial charge in [-0.05, 0) is 25.7 Å². The topological polar surface area (TPSA) is 36.0 Å². The van der Waals surface area contributed by atoms with Crippen LogP contribution in [-0.4, -0.2) is 86.2 Å². The van der Waals surface area contributed by atoms with Gasteiger partial charge >= 0.3 is 0 Å². The smallest absolute Gasteiger partial charge is 0.219 e. The largest absolute Gasteiger partial charge is 0.380 e. The van der Waals surface area contributed by atoms with Gasteiger partial charge in [-0.15, -0.1) is 0 Å². The van der Waals surface area contributed by atoms with Crippen LogP contribution in [0.3, 0.4) is 0 Å². The third-order valence-electron chi connectivity index (χ3n) is 4.80. The van der Waals surface area contributed by atoms with Crippen molar-refractivity contribution in [1.82, 2.24) is 14.7 Å². The van der Waals surface area contributed by atoms with Crippen LogP contribution in [0.2, 0.25) is 0 Å². The molecule has 0 saturated carbocycles. The van der Waals surface area contributed by atoms with Crippen LogP contribution in [-0.2, 0) is 9.53 Å². The van der Waals surface area contributed by atoms with E-state index < -0.39 is 0 Å². The van der Waals surface area contributed by atoms with Crippen LogP contribution < -0.4 is 0 Å². The molecule has 5 nitrogen and oxygen atoms in total. The van der Waals surface area contributed by atoms with Crippen molar-refractivity contribution in [2.75, 3.05) is 65.6 Å². The van der Waals surface area contributed by atoms with Gasteiger partial charge < -0.3 is 14.5 Å². The number of carbonyl (C=O) groups is 1. The van der Waals surface area contributed by atoms with Gasteiger partial charge in [-0.1, -0.05) is 0 Å². The molecular weight excluding hydrogens is 266 g/mol. The van der Waals surface area contributed by atoms with Crippen molar-refractivity contribution in [1.29, 1.82) is 0 Å². The number of hydrogen-bond donors (Lipinski definition) is 0. The molecule has 1 amide bonds. The number of rotatable bonds is 6. The van der Waals surface area contributed by atoms with Gasteiger partial charge in [0.25, 0.3) is 0 Å². The fourth-order valence-electron chi connectivity index (χ4n) is 3.33. The first-order valence-electron chi connectivity index (χ1n) is 8.47. The van der Waals surface area contributed by atoms with Crippen LogP contribution in [0.25, 0.3) is 0 Å². The van der Waals surface area contributed by atoms with Gasteiger partial charge in [-0.3, -0.25) is 9.69 Å². The third-order valence-corrected chi connectivity index (χ3v) is 4.80. The maximum absolute atomic E-state index is 11.3. The predicted octanol–water partition coefficient (Wildman–Crippen LogP) is 0.899. The highest BCUT2D eigenvalue weighted by Crippen LogP contribution is 2.19. The summed E-state index contributed by atoms with van der Waals surface area (Å²) in [6.45, 7) is 14.3. The summed E-state index contributed by atoms with van der Waals surface area (Å²) in [4.78, 5) is 18.4. The van der Waals surface area contributed by atoms with Crippen molar-refractivity contribution in [3.05, 3.63) is 0 Å². The Bertz CT molecular complexity index is 309. The van der Waals surface area contributed by atoms with Gasteiger partial charge in [0.1, 0.15) is 0 Å². The molecule has 0 N–H and O–H groups in total. The lowest BCUT2D eigenvalue weighted by Crippen LogP contribution is -2.49. The Morgan fingerprint density at radius 2 is 1.67 bits per heavy atom. The molecule has 0 aliphatic carbocycles. The molecule has 2 saturated heterocycles. The summed E-state index contributed by atoms with van der Waals surface area (Å²) in [5.41, 5.74) is 0. The minimum Gasteiger partial charge on any atom is -0.380 e. The summed E-state index contributed by atoms with van der Waals surface area (Å²) in [5.74, 6) is 1.01. The zero-order valence-corrected chi connectivity index (χ0v) is 13.7. The number of likely N-dealkylation sites (tertiary alicyclic amines) is 1. The van der Waals surface area contributed by atoms with E-state index in [-0.39, 0.29) is 5.91 Å². The number of amides is 1. The molecule has 122 valence electrons. The average molecular weight is 297 g/mol. The first-order valence-corrected chi connectivity index (χ1v) is 8.47. The van der Waals surface area contributed by atoms with E-state index in [2.05, 4.69) is 16.7 Å². The highest BCUT2D eigenvalue weighted by Gasteiger charge is 2.24. The van der Waals surface area contributed by atoms with Gasteiger partial charge in [-0.25, -0.2) is 0 Å². The van der Waals surface area contributed by atoms with Crippen molar-refractivity contribution < 1.29 is 9.53 Å². The van der Waals surface area contributed by atoms with Crippen LogP contribution in [0.1, 0.15) is 26.7 Å². The molecular formula is C16H31N3O2. The van der Waals surface area contributed by atoms with E-state index in [4.69, 9.17) is 4.74 Å². The normalized spacial score (nSPS) is 22.7. The van der Waals surface area contributed by atoms with E-state index in [1.807, 2.05) is 4.90 Å². The van der Waals surface area contributed by atoms with Crippen LogP contribution in [0.4, 0.5) is 0 Å². The first-order chi connectivity index (χ1) is 10.2. The van der Waals surface area contributed by atoms with E-state index in [1.165, 1.54) is 45.6 Å². The Balaban J connectivity index is 1.60. The maximum Gasteiger partial charge on any atom is 0.219 e. The SMILES string of the molecule is CCOCCN1CCN(CC2CCN(C(C)=O)CC2)CC1. The van der Waals surface area contributed by atoms with Crippen molar-refractivity contribution in [2.45, 2.75) is 26.7 Å². The second-order valence-corrected chi connectivity index (χ2v) is 6.29. The van der Waals surface area contributed by atoms with Crippen molar-refractivity contribution in [3.8, 4) is 0 Å². The summed E-state index contributed by atoms with van der Waals surface area (Å²) in [6, 6.07) is 0. The molecule has 0 atom stereocenters. The van der Waals surface area contributed by atoms with E-state index in [1.54, 1.807) is 6.92 Å². The molecule has 0 aromatic heterocycles. The minimum absolute atomic E-state index is 0.233. The lowest BCUT2D eigenvalue weighted by molar-refractivity contribution is -0.130. The predicted molar refractivity (Wildman–Crippen MR) is 84.4 cm³/mol. The quantitative estimate of drug-likeness (QED) is 0.683. The maximum atomic E-state index is 11.3. The molecule has 2 aliphatic rings. The Hall–Kier alpha value is -0.650. The third kappa shape index (κ3) is 5.57. The van der Waals surface area contributed by atoms with Crippen molar-refractivity contribution in [3.63, 3.8) is 0 Å². The number of ether oxygens (including phenoxy) is 1. The highest BCUT2D eigenvalue weighted by atomic mass is 16.5. The van der Waals surface area contributed by atoms with Gasteiger partial charge in [0.15, 0.2) is 0 Å². The van der Waals surface area contributed by atoms with Crippen LogP contribution in [0.5, 0.6) is 0 Å². The molecule has 2 rings (SSSR count). The molecule has 0 unspecified atom stereocenters. The molecule has 0 aromatic carbocycles.